The molecule has 0 aromatic heterocycles. The summed E-state index contributed by atoms with van der Waals surface area (Å²) in [4.78, 5) is 6.30. The number of nitrogens with one attached hydrogen (secondary N) is 2. The van der Waals surface area contributed by atoms with Gasteiger partial charge in [0, 0.05) is 38.8 Å². The van der Waals surface area contributed by atoms with Crippen molar-refractivity contribution in [3.63, 3.8) is 0 Å². The second-order valence-electron chi connectivity index (χ2n) is 7.47. The third-order valence-corrected chi connectivity index (χ3v) is 6.26. The van der Waals surface area contributed by atoms with Gasteiger partial charge in [0.1, 0.15) is 0 Å². The number of aliphatic imine (C=N–C) groups is 1. The summed E-state index contributed by atoms with van der Waals surface area (Å²) >= 11 is 0. The van der Waals surface area contributed by atoms with Crippen LogP contribution in [0.2, 0.25) is 0 Å². The van der Waals surface area contributed by atoms with Crippen LogP contribution in [0.5, 0.6) is 0 Å². The number of hydrogen-bond acceptors (Lipinski definition) is 4. The summed E-state index contributed by atoms with van der Waals surface area (Å²) in [7, 11) is 0.417. The van der Waals surface area contributed by atoms with Gasteiger partial charge in [0.25, 0.3) is 0 Å². The highest BCUT2D eigenvalue weighted by atomic mass is 127. The van der Waals surface area contributed by atoms with Crippen LogP contribution in [0.4, 0.5) is 13.2 Å². The first-order valence-corrected chi connectivity index (χ1v) is 10.5. The minimum atomic E-state index is -5.25. The molecule has 0 bridgehead atoms. The first kappa shape index (κ1) is 27.7. The molecule has 1 aliphatic rings. The molecule has 1 heterocycles. The van der Waals surface area contributed by atoms with Gasteiger partial charge in [-0.25, -0.2) is 8.42 Å². The minimum Gasteiger partial charge on any atom is -0.355 e. The fraction of sp³-hybridized carbons (Fsp3) is 0.938. The van der Waals surface area contributed by atoms with E-state index < -0.39 is 15.5 Å². The van der Waals surface area contributed by atoms with Crippen LogP contribution in [-0.2, 0) is 10.0 Å². The van der Waals surface area contributed by atoms with Crippen molar-refractivity contribution in [1.29, 1.82) is 0 Å². The number of guanidine groups is 1. The van der Waals surface area contributed by atoms with E-state index in [1.807, 2.05) is 14.1 Å². The summed E-state index contributed by atoms with van der Waals surface area (Å²) in [6.07, 6.45) is 1.60. The van der Waals surface area contributed by atoms with Crippen LogP contribution in [0.3, 0.4) is 0 Å². The SMILES string of the molecule is CN=C(NCC(CC(C)C)N(C)C)NC1CCN(S(=O)(=O)C(F)(F)F)CC1.I. The smallest absolute Gasteiger partial charge is 0.355 e. The van der Waals surface area contributed by atoms with Crippen LogP contribution in [0.1, 0.15) is 33.1 Å². The number of hydrogen-bond donors (Lipinski definition) is 2. The first-order valence-electron chi connectivity index (χ1n) is 9.08. The van der Waals surface area contributed by atoms with E-state index >= 15 is 0 Å². The molecule has 0 amide bonds. The molecule has 0 spiro atoms. The Morgan fingerprint density at radius 2 is 1.79 bits per heavy atom. The maximum Gasteiger partial charge on any atom is 0.511 e. The van der Waals surface area contributed by atoms with Gasteiger partial charge in [-0.3, -0.25) is 4.99 Å². The van der Waals surface area contributed by atoms with E-state index in [9.17, 15) is 21.6 Å². The standard InChI is InChI=1S/C16H32F3N5O2S.HI/c1-12(2)10-14(23(4)5)11-21-15(20-3)22-13-6-8-24(9-7-13)27(25,26)16(17,18)19;/h12-14H,6-11H2,1-5H3,(H2,20,21,22);1H. The minimum absolute atomic E-state index is 0. The molecule has 1 rings (SSSR count). The lowest BCUT2D eigenvalue weighted by atomic mass is 10.0. The van der Waals surface area contributed by atoms with E-state index in [1.54, 1.807) is 7.05 Å². The van der Waals surface area contributed by atoms with E-state index in [-0.39, 0.29) is 43.1 Å². The van der Waals surface area contributed by atoms with Crippen molar-refractivity contribution in [1.82, 2.24) is 19.8 Å². The van der Waals surface area contributed by atoms with Crippen molar-refractivity contribution < 1.29 is 21.6 Å². The van der Waals surface area contributed by atoms with Crippen LogP contribution >= 0.6 is 24.0 Å². The fourth-order valence-corrected chi connectivity index (χ4v) is 3.99. The molecular weight excluding hydrogens is 510 g/mol. The molecule has 7 nitrogen and oxygen atoms in total. The Balaban J connectivity index is 0.00000729. The molecule has 168 valence electrons. The number of rotatable bonds is 7. The van der Waals surface area contributed by atoms with Crippen LogP contribution in [0.15, 0.2) is 4.99 Å². The molecular formula is C16H33F3IN5O2S. The normalized spacial score (nSPS) is 18.9. The van der Waals surface area contributed by atoms with Crippen molar-refractivity contribution in [2.24, 2.45) is 10.9 Å². The Kier molecular flexibility index (Phi) is 11.6. The highest BCUT2D eigenvalue weighted by molar-refractivity contribution is 14.0. The zero-order valence-corrected chi connectivity index (χ0v) is 20.2. The summed E-state index contributed by atoms with van der Waals surface area (Å²) < 4.78 is 61.3. The molecule has 12 heteroatoms. The zero-order chi connectivity index (χ0) is 20.8. The fourth-order valence-electron chi connectivity index (χ4n) is 3.01. The molecule has 1 aliphatic heterocycles. The van der Waals surface area contributed by atoms with Crippen molar-refractivity contribution in [3.05, 3.63) is 0 Å². The largest absolute Gasteiger partial charge is 0.511 e. The number of nitrogens with zero attached hydrogens (tertiary/aromatic N) is 3. The third kappa shape index (κ3) is 8.19. The predicted octanol–water partition coefficient (Wildman–Crippen LogP) is 2.06. The Hall–Kier alpha value is -0.340. The van der Waals surface area contributed by atoms with Gasteiger partial charge in [0.2, 0.25) is 0 Å². The molecule has 2 N–H and O–H groups in total. The molecule has 1 unspecified atom stereocenters. The maximum atomic E-state index is 12.6. The summed E-state index contributed by atoms with van der Waals surface area (Å²) in [5, 5.41) is 6.44. The van der Waals surface area contributed by atoms with Crippen molar-refractivity contribution in [2.75, 3.05) is 40.8 Å². The Morgan fingerprint density at radius 1 is 1.25 bits per heavy atom. The number of sulfonamides is 1. The van der Waals surface area contributed by atoms with Gasteiger partial charge in [0.05, 0.1) is 0 Å². The molecule has 1 fully saturated rings. The molecule has 1 saturated heterocycles. The number of alkyl halides is 3. The highest BCUT2D eigenvalue weighted by Gasteiger charge is 2.50. The van der Waals surface area contributed by atoms with Gasteiger partial charge in [-0.15, -0.1) is 24.0 Å². The monoisotopic (exact) mass is 543 g/mol. The summed E-state index contributed by atoms with van der Waals surface area (Å²) in [6.45, 7) is 4.68. The second-order valence-corrected chi connectivity index (χ2v) is 9.40. The maximum absolute atomic E-state index is 12.6. The lowest BCUT2D eigenvalue weighted by Crippen LogP contribution is -2.53. The molecule has 0 saturated carbocycles. The average Bonchev–Trinajstić information content (AvgIpc) is 2.56. The van der Waals surface area contributed by atoms with Gasteiger partial charge >= 0.3 is 15.5 Å². The topological polar surface area (TPSA) is 77.0 Å². The Morgan fingerprint density at radius 3 is 2.18 bits per heavy atom. The van der Waals surface area contributed by atoms with Gasteiger partial charge in [-0.05, 0) is 39.3 Å². The molecule has 1 atom stereocenters. The second kappa shape index (κ2) is 11.7. The van der Waals surface area contributed by atoms with E-state index in [0.717, 1.165) is 6.42 Å². The third-order valence-electron chi connectivity index (χ3n) is 4.63. The first-order chi connectivity index (χ1) is 12.4. The average molecular weight is 543 g/mol. The quantitative estimate of drug-likeness (QED) is 0.292. The molecule has 0 aromatic carbocycles. The Labute approximate surface area is 183 Å². The highest BCUT2D eigenvalue weighted by Crippen LogP contribution is 2.28. The molecule has 28 heavy (non-hydrogen) atoms. The van der Waals surface area contributed by atoms with Crippen LogP contribution in [0, 0.1) is 5.92 Å². The lowest BCUT2D eigenvalue weighted by Gasteiger charge is -2.33. The molecule has 0 aliphatic carbocycles. The summed E-state index contributed by atoms with van der Waals surface area (Å²) in [6, 6.07) is 0.195. The van der Waals surface area contributed by atoms with E-state index in [2.05, 4.69) is 34.4 Å². The summed E-state index contributed by atoms with van der Waals surface area (Å²) in [5.41, 5.74) is -5.25. The lowest BCUT2D eigenvalue weighted by molar-refractivity contribution is -0.0494. The number of likely N-dealkylation sites (N-methyl/N-ethyl adjacent to an activating group) is 1. The predicted molar refractivity (Wildman–Crippen MR) is 116 cm³/mol. The number of piperidine rings is 1. The van der Waals surface area contributed by atoms with Crippen molar-refractivity contribution >= 4 is 40.0 Å². The van der Waals surface area contributed by atoms with Crippen LogP contribution in [0.25, 0.3) is 0 Å². The van der Waals surface area contributed by atoms with Crippen molar-refractivity contribution in [2.45, 2.75) is 50.7 Å². The number of halogens is 4. The van der Waals surface area contributed by atoms with E-state index in [4.69, 9.17) is 0 Å². The van der Waals surface area contributed by atoms with Crippen molar-refractivity contribution in [3.8, 4) is 0 Å². The van der Waals surface area contributed by atoms with Gasteiger partial charge in [0.15, 0.2) is 5.96 Å². The molecule has 0 aromatic rings. The molecule has 0 radical (unpaired) electrons. The van der Waals surface area contributed by atoms with E-state index in [0.29, 0.717) is 41.6 Å². The van der Waals surface area contributed by atoms with E-state index in [1.165, 1.54) is 0 Å². The van der Waals surface area contributed by atoms with Gasteiger partial charge < -0.3 is 15.5 Å². The van der Waals surface area contributed by atoms with Gasteiger partial charge in [-0.2, -0.15) is 17.5 Å². The Bertz CT molecular complexity index is 592. The van der Waals surface area contributed by atoms with Gasteiger partial charge in [-0.1, -0.05) is 13.8 Å². The van der Waals surface area contributed by atoms with Crippen LogP contribution in [-0.4, -0.2) is 82.0 Å². The van der Waals surface area contributed by atoms with Crippen LogP contribution < -0.4 is 10.6 Å². The zero-order valence-electron chi connectivity index (χ0n) is 17.1. The summed E-state index contributed by atoms with van der Waals surface area (Å²) in [5.74, 6) is 1.12.